The fraction of sp³-hybridized carbons (Fsp3) is 0.447. The molecule has 4 aromatic carbocycles. The van der Waals surface area contributed by atoms with Crippen LogP contribution >= 0.6 is 68.0 Å². The number of fused-ring (bicyclic) bond motifs is 13. The van der Waals surface area contributed by atoms with E-state index in [1.54, 1.807) is 0 Å². The summed E-state index contributed by atoms with van der Waals surface area (Å²) in [6, 6.07) is 42.0. The molecule has 10 aromatic rings. The summed E-state index contributed by atoms with van der Waals surface area (Å²) < 4.78 is 34.6. The molecule has 4 nitrogen and oxygen atoms in total. The van der Waals surface area contributed by atoms with Crippen LogP contribution in [0.25, 0.3) is 47.7 Å². The minimum Gasteiger partial charge on any atom is -0.494 e. The van der Waals surface area contributed by atoms with Gasteiger partial charge in [-0.1, -0.05) is 205 Å². The third-order valence-corrected chi connectivity index (χ3v) is 25.5. The first kappa shape index (κ1) is 61.3. The summed E-state index contributed by atoms with van der Waals surface area (Å²) in [5, 5.41) is 4.61. The normalized spacial score (nSPS) is 13.7. The Morgan fingerprint density at radius 1 is 0.267 bits per heavy atom. The molecule has 0 amide bonds. The lowest BCUT2D eigenvalue weighted by molar-refractivity contribution is 0.304. The molecule has 6 heterocycles. The van der Waals surface area contributed by atoms with Crippen LogP contribution in [0.4, 0.5) is 0 Å². The molecule has 0 atom stereocenters. The number of benzene rings is 4. The number of unbranched alkanes of at least 4 members (excludes halogenated alkanes) is 20. The highest BCUT2D eigenvalue weighted by Crippen LogP contribution is 2.72. The first-order valence-electron chi connectivity index (χ1n) is 33.1. The number of hydrogen-bond acceptors (Lipinski definition) is 10. The number of hydrogen-bond donors (Lipinski definition) is 0. The van der Waals surface area contributed by atoms with E-state index in [-0.39, 0.29) is 0 Å². The molecule has 0 radical (unpaired) electrons. The molecule has 0 saturated heterocycles. The zero-order chi connectivity index (χ0) is 58.7. The highest BCUT2D eigenvalue weighted by Gasteiger charge is 2.56. The summed E-state index contributed by atoms with van der Waals surface area (Å²) in [5.74, 6) is 3.77. The van der Waals surface area contributed by atoms with Gasteiger partial charge in [-0.3, -0.25) is 0 Å². The minimum absolute atomic E-state index is 0.606. The van der Waals surface area contributed by atoms with E-state index in [2.05, 4.69) is 170 Å². The van der Waals surface area contributed by atoms with Crippen molar-refractivity contribution >= 4 is 96.2 Å². The first-order valence-corrected chi connectivity index (χ1v) is 38.1. The molecular formula is C76H88O4S6. The van der Waals surface area contributed by atoms with Gasteiger partial charge < -0.3 is 18.9 Å². The average molecular weight is 1260 g/mol. The van der Waals surface area contributed by atoms with Crippen LogP contribution in [0.1, 0.15) is 226 Å². The Morgan fingerprint density at radius 3 is 0.791 bits per heavy atom. The van der Waals surface area contributed by atoms with Gasteiger partial charge in [0.05, 0.1) is 75.6 Å². The Kier molecular flexibility index (Phi) is 20.8. The quantitative estimate of drug-likeness (QED) is 0.0367. The van der Waals surface area contributed by atoms with Gasteiger partial charge in [-0.05, 0) is 119 Å². The lowest BCUT2D eigenvalue weighted by Gasteiger charge is -2.34. The topological polar surface area (TPSA) is 36.9 Å². The average Bonchev–Trinajstić information content (AvgIpc) is 1.49. The van der Waals surface area contributed by atoms with Crippen molar-refractivity contribution < 1.29 is 18.9 Å². The molecule has 0 N–H and O–H groups in total. The zero-order valence-electron chi connectivity index (χ0n) is 51.4. The Morgan fingerprint density at radius 2 is 0.512 bits per heavy atom. The molecule has 12 rings (SSSR count). The van der Waals surface area contributed by atoms with Crippen LogP contribution in [0, 0.1) is 0 Å². The Hall–Kier alpha value is -4.94. The molecular weight excluding hydrogens is 1170 g/mol. The van der Waals surface area contributed by atoms with Crippen molar-refractivity contribution in [3.8, 4) is 42.5 Å². The predicted molar refractivity (Wildman–Crippen MR) is 376 cm³/mol. The van der Waals surface area contributed by atoms with Gasteiger partial charge >= 0.3 is 0 Å². The second-order valence-electron chi connectivity index (χ2n) is 24.2. The van der Waals surface area contributed by atoms with E-state index in [1.165, 1.54) is 221 Å². The van der Waals surface area contributed by atoms with Crippen LogP contribution in [0.2, 0.25) is 0 Å². The van der Waals surface area contributed by atoms with Crippen LogP contribution in [0.15, 0.2) is 120 Å². The van der Waals surface area contributed by atoms with Crippen molar-refractivity contribution in [1.82, 2.24) is 0 Å². The molecule has 0 unspecified atom stereocenters. The van der Waals surface area contributed by atoms with Gasteiger partial charge in [0.1, 0.15) is 23.0 Å². The van der Waals surface area contributed by atoms with Gasteiger partial charge in [0.2, 0.25) is 0 Å². The van der Waals surface area contributed by atoms with E-state index in [4.69, 9.17) is 18.9 Å². The number of rotatable bonds is 36. The van der Waals surface area contributed by atoms with Crippen LogP contribution < -0.4 is 18.9 Å². The van der Waals surface area contributed by atoms with E-state index < -0.39 is 10.8 Å². The van der Waals surface area contributed by atoms with E-state index in [0.717, 1.165) is 75.1 Å². The van der Waals surface area contributed by atoms with Gasteiger partial charge in [0.15, 0.2) is 0 Å². The molecule has 0 fully saturated rings. The first-order chi connectivity index (χ1) is 42.5. The summed E-state index contributed by atoms with van der Waals surface area (Å²) in [6.45, 7) is 12.1. The third kappa shape index (κ3) is 12.2. The number of thiophene rings is 6. The van der Waals surface area contributed by atoms with Crippen molar-refractivity contribution in [2.75, 3.05) is 26.4 Å². The van der Waals surface area contributed by atoms with E-state index >= 15 is 0 Å². The molecule has 0 saturated carbocycles. The van der Waals surface area contributed by atoms with Crippen molar-refractivity contribution in [3.63, 3.8) is 0 Å². The van der Waals surface area contributed by atoms with Crippen LogP contribution in [-0.2, 0) is 10.8 Å². The summed E-state index contributed by atoms with van der Waals surface area (Å²) in [6.07, 6.45) is 29.8. The highest BCUT2D eigenvalue weighted by atomic mass is 32.1. The zero-order valence-corrected chi connectivity index (χ0v) is 56.3. The lowest BCUT2D eigenvalue weighted by atomic mass is 9.67. The molecule has 0 bridgehead atoms. The fourth-order valence-corrected chi connectivity index (χ4v) is 22.2. The van der Waals surface area contributed by atoms with Gasteiger partial charge in [0.25, 0.3) is 0 Å². The van der Waals surface area contributed by atoms with E-state index in [0.29, 0.717) is 0 Å². The van der Waals surface area contributed by atoms with E-state index in [9.17, 15) is 0 Å². The van der Waals surface area contributed by atoms with Gasteiger partial charge in [-0.15, -0.1) is 68.0 Å². The van der Waals surface area contributed by atoms with Gasteiger partial charge in [-0.2, -0.15) is 0 Å². The number of ether oxygens (including phenoxy) is 4. The smallest absolute Gasteiger partial charge is 0.119 e. The second kappa shape index (κ2) is 29.1. The van der Waals surface area contributed by atoms with Crippen molar-refractivity contribution in [1.29, 1.82) is 0 Å². The Bertz CT molecular complexity index is 3360. The maximum Gasteiger partial charge on any atom is 0.119 e. The summed E-state index contributed by atoms with van der Waals surface area (Å²) in [7, 11) is 0. The molecule has 2 aliphatic carbocycles. The maximum absolute atomic E-state index is 6.57. The molecule has 86 heavy (non-hydrogen) atoms. The monoisotopic (exact) mass is 1260 g/mol. The second-order valence-corrected chi connectivity index (χ2v) is 30.2. The maximum atomic E-state index is 6.57. The summed E-state index contributed by atoms with van der Waals surface area (Å²) >= 11 is 11.9. The Labute approximate surface area is 537 Å². The Balaban J connectivity index is 1.00. The standard InChI is InChI=1S/C76H88O4S6/c1-5-9-13-17-21-25-47-77-57-37-29-53(30-38-57)75(54-31-39-58(40-32-54)78-48-26-22-18-14-10-6-2)63-67-61(45-51-81-67)83-69(63)71-65(75)73-74(85-71)66-72(86-73)70-64(68-62(84-70)46-52-82-68)76(66,55-33-41-59(42-34-55)79-49-27-23-19-15-11-7-3)56-35-43-60(44-36-56)80-50-28-24-20-16-12-8-4/h29-46,51-52H,5-28,47-50H2,1-4H3. The predicted octanol–water partition coefficient (Wildman–Crippen LogP) is 25.2. The van der Waals surface area contributed by atoms with Crippen LogP contribution in [0.3, 0.4) is 0 Å². The molecule has 6 aromatic heterocycles. The minimum atomic E-state index is -0.606. The van der Waals surface area contributed by atoms with Crippen LogP contribution in [-0.4, -0.2) is 26.4 Å². The van der Waals surface area contributed by atoms with Gasteiger partial charge in [0, 0.05) is 31.7 Å². The molecule has 2 aliphatic rings. The largest absolute Gasteiger partial charge is 0.494 e. The van der Waals surface area contributed by atoms with Gasteiger partial charge in [-0.25, -0.2) is 0 Å². The summed E-state index contributed by atoms with van der Waals surface area (Å²) in [4.78, 5) is 5.64. The van der Waals surface area contributed by atoms with Crippen molar-refractivity contribution in [2.45, 2.75) is 193 Å². The van der Waals surface area contributed by atoms with Crippen molar-refractivity contribution in [3.05, 3.63) is 164 Å². The van der Waals surface area contributed by atoms with E-state index in [1.807, 2.05) is 45.3 Å². The molecule has 0 spiro atoms. The van der Waals surface area contributed by atoms with Crippen molar-refractivity contribution in [2.24, 2.45) is 0 Å². The highest BCUT2D eigenvalue weighted by molar-refractivity contribution is 7.37. The molecule has 452 valence electrons. The fourth-order valence-electron chi connectivity index (χ4n) is 13.8. The molecule has 0 aliphatic heterocycles. The summed E-state index contributed by atoms with van der Waals surface area (Å²) in [5.41, 5.74) is 9.64. The lowest BCUT2D eigenvalue weighted by Crippen LogP contribution is -2.29. The SMILES string of the molecule is CCCCCCCCOc1ccc(C2(c3ccc(OCCCCCCCC)cc3)c3c(sc4ccsc34)-c3sc4c5c(sc4c32)-c2sc3ccsc3c2C5(c2ccc(OCCCCCCCC)cc2)c2ccc(OCCCCCCCC)cc2)cc1. The third-order valence-electron chi connectivity index (χ3n) is 18.2. The van der Waals surface area contributed by atoms with Crippen LogP contribution in [0.5, 0.6) is 23.0 Å². The molecule has 10 heteroatoms.